The van der Waals surface area contributed by atoms with Crippen LogP contribution in [-0.4, -0.2) is 49.6 Å². The van der Waals surface area contributed by atoms with Crippen molar-refractivity contribution in [1.29, 1.82) is 0 Å². The Hall–Kier alpha value is -2.08. The highest BCUT2D eigenvalue weighted by Gasteiger charge is 2.12. The molecule has 0 atom stereocenters. The summed E-state index contributed by atoms with van der Waals surface area (Å²) in [6, 6.07) is 4.41. The Morgan fingerprint density at radius 2 is 2.06 bits per heavy atom. The number of aromatic carboxylic acids is 1. The van der Waals surface area contributed by atoms with Crippen LogP contribution in [0.5, 0.6) is 5.75 Å². The molecular formula is C12H16N2O4. The van der Waals surface area contributed by atoms with Crippen LogP contribution in [0.3, 0.4) is 0 Å². The molecule has 18 heavy (non-hydrogen) atoms. The van der Waals surface area contributed by atoms with Gasteiger partial charge in [0.1, 0.15) is 11.3 Å². The Bertz CT molecular complexity index is 457. The van der Waals surface area contributed by atoms with Gasteiger partial charge in [-0.05, 0) is 26.2 Å². The fraction of sp³-hybridized carbons (Fsp3) is 0.333. The summed E-state index contributed by atoms with van der Waals surface area (Å²) >= 11 is 0. The summed E-state index contributed by atoms with van der Waals surface area (Å²) in [6.45, 7) is 0.253. The van der Waals surface area contributed by atoms with Crippen molar-refractivity contribution in [2.75, 3.05) is 33.1 Å². The number of hydrogen-bond acceptors (Lipinski definition) is 4. The molecule has 2 N–H and O–H groups in total. The van der Waals surface area contributed by atoms with Gasteiger partial charge in [-0.1, -0.05) is 0 Å². The third-order valence-corrected chi connectivity index (χ3v) is 2.18. The van der Waals surface area contributed by atoms with Crippen LogP contribution >= 0.6 is 0 Å². The zero-order valence-corrected chi connectivity index (χ0v) is 10.6. The number of hydrogen-bond donors (Lipinski definition) is 2. The molecule has 98 valence electrons. The summed E-state index contributed by atoms with van der Waals surface area (Å²) in [6.07, 6.45) is 0. The molecule has 0 aliphatic heterocycles. The van der Waals surface area contributed by atoms with Gasteiger partial charge in [-0.25, -0.2) is 4.79 Å². The van der Waals surface area contributed by atoms with Gasteiger partial charge in [-0.15, -0.1) is 0 Å². The van der Waals surface area contributed by atoms with Gasteiger partial charge in [0.25, 0.3) is 0 Å². The van der Waals surface area contributed by atoms with E-state index in [0.717, 1.165) is 0 Å². The molecule has 0 saturated carbocycles. The lowest BCUT2D eigenvalue weighted by Gasteiger charge is -2.11. The zero-order chi connectivity index (χ0) is 13.7. The molecule has 6 heteroatoms. The van der Waals surface area contributed by atoms with E-state index in [1.807, 2.05) is 0 Å². The molecule has 0 bridgehead atoms. The van der Waals surface area contributed by atoms with Gasteiger partial charge in [0.15, 0.2) is 0 Å². The number of carboxylic acid groups (broad SMARTS) is 1. The van der Waals surface area contributed by atoms with E-state index < -0.39 is 5.97 Å². The largest absolute Gasteiger partial charge is 0.496 e. The molecule has 6 nitrogen and oxygen atoms in total. The van der Waals surface area contributed by atoms with E-state index >= 15 is 0 Å². The van der Waals surface area contributed by atoms with Crippen molar-refractivity contribution >= 4 is 17.6 Å². The van der Waals surface area contributed by atoms with Gasteiger partial charge < -0.3 is 20.1 Å². The highest BCUT2D eigenvalue weighted by atomic mass is 16.5. The average molecular weight is 252 g/mol. The maximum atomic E-state index is 11.5. The standard InChI is InChI=1S/C12H16N2O4/c1-14(2)7-11(15)13-8-4-5-9(12(16)17)10(6-8)18-3/h4-6H,7H2,1-3H3,(H,13,15)(H,16,17). The predicted octanol–water partition coefficient (Wildman–Crippen LogP) is 0.893. The van der Waals surface area contributed by atoms with Crippen LogP contribution in [0.15, 0.2) is 18.2 Å². The Labute approximate surface area is 105 Å². The first-order valence-corrected chi connectivity index (χ1v) is 5.30. The molecule has 0 aliphatic rings. The number of carboxylic acids is 1. The van der Waals surface area contributed by atoms with E-state index in [4.69, 9.17) is 9.84 Å². The molecule has 1 rings (SSSR count). The summed E-state index contributed by atoms with van der Waals surface area (Å²) in [5.41, 5.74) is 0.562. The third-order valence-electron chi connectivity index (χ3n) is 2.18. The molecule has 0 spiro atoms. The second kappa shape index (κ2) is 6.02. The number of carbonyl (C=O) groups excluding carboxylic acids is 1. The van der Waals surface area contributed by atoms with Gasteiger partial charge in [0.2, 0.25) is 5.91 Å². The van der Waals surface area contributed by atoms with Crippen LogP contribution in [-0.2, 0) is 4.79 Å². The molecule has 0 saturated heterocycles. The normalized spacial score (nSPS) is 10.2. The maximum Gasteiger partial charge on any atom is 0.339 e. The SMILES string of the molecule is COc1cc(NC(=O)CN(C)C)ccc1C(=O)O. The van der Waals surface area contributed by atoms with Crippen molar-refractivity contribution in [1.82, 2.24) is 4.90 Å². The van der Waals surface area contributed by atoms with Gasteiger partial charge >= 0.3 is 5.97 Å². The van der Waals surface area contributed by atoms with E-state index in [1.165, 1.54) is 25.3 Å². The van der Waals surface area contributed by atoms with Gasteiger partial charge in [0, 0.05) is 11.8 Å². The lowest BCUT2D eigenvalue weighted by molar-refractivity contribution is -0.116. The first-order valence-electron chi connectivity index (χ1n) is 5.30. The van der Waals surface area contributed by atoms with E-state index in [1.54, 1.807) is 19.0 Å². The number of rotatable bonds is 5. The van der Waals surface area contributed by atoms with Crippen LogP contribution in [0, 0.1) is 0 Å². The Morgan fingerprint density at radius 3 is 2.56 bits per heavy atom. The lowest BCUT2D eigenvalue weighted by atomic mass is 10.2. The first-order chi connectivity index (χ1) is 8.43. The number of carbonyl (C=O) groups is 2. The monoisotopic (exact) mass is 252 g/mol. The van der Waals surface area contributed by atoms with Crippen molar-refractivity contribution in [2.45, 2.75) is 0 Å². The highest BCUT2D eigenvalue weighted by molar-refractivity contribution is 5.95. The molecule has 0 radical (unpaired) electrons. The van der Waals surface area contributed by atoms with Crippen LogP contribution in [0.4, 0.5) is 5.69 Å². The fourth-order valence-electron chi connectivity index (χ4n) is 1.43. The van der Waals surface area contributed by atoms with Crippen molar-refractivity contribution < 1.29 is 19.4 Å². The molecule has 0 fully saturated rings. The average Bonchev–Trinajstić information content (AvgIpc) is 2.27. The van der Waals surface area contributed by atoms with Gasteiger partial charge in [0.05, 0.1) is 13.7 Å². The Morgan fingerprint density at radius 1 is 1.39 bits per heavy atom. The van der Waals surface area contributed by atoms with Crippen LogP contribution in [0.2, 0.25) is 0 Å². The summed E-state index contributed by atoms with van der Waals surface area (Å²) in [5.74, 6) is -1.03. The minimum absolute atomic E-state index is 0.0584. The first kappa shape index (κ1) is 14.0. The molecule has 1 amide bonds. The zero-order valence-electron chi connectivity index (χ0n) is 10.6. The second-order valence-corrected chi connectivity index (χ2v) is 4.01. The summed E-state index contributed by atoms with van der Waals surface area (Å²) in [7, 11) is 4.95. The number of ether oxygens (including phenoxy) is 1. The Balaban J connectivity index is 2.86. The van der Waals surface area contributed by atoms with Gasteiger partial charge in [-0.3, -0.25) is 4.79 Å². The van der Waals surface area contributed by atoms with Crippen molar-refractivity contribution in [3.63, 3.8) is 0 Å². The third kappa shape index (κ3) is 3.74. The number of anilines is 1. The van der Waals surface area contributed by atoms with E-state index in [9.17, 15) is 9.59 Å². The number of nitrogens with zero attached hydrogens (tertiary/aromatic N) is 1. The molecule has 0 unspecified atom stereocenters. The summed E-state index contributed by atoms with van der Waals surface area (Å²) in [5, 5.41) is 11.6. The fourth-order valence-corrected chi connectivity index (χ4v) is 1.43. The van der Waals surface area contributed by atoms with Crippen LogP contribution < -0.4 is 10.1 Å². The number of nitrogens with one attached hydrogen (secondary N) is 1. The molecule has 0 aromatic heterocycles. The van der Waals surface area contributed by atoms with E-state index in [2.05, 4.69) is 5.32 Å². The van der Waals surface area contributed by atoms with E-state index in [0.29, 0.717) is 5.69 Å². The number of amides is 1. The molecule has 0 heterocycles. The van der Waals surface area contributed by atoms with Crippen molar-refractivity contribution in [2.24, 2.45) is 0 Å². The molecular weight excluding hydrogens is 236 g/mol. The van der Waals surface area contributed by atoms with Crippen molar-refractivity contribution in [3.8, 4) is 5.75 Å². The van der Waals surface area contributed by atoms with Crippen LogP contribution in [0.1, 0.15) is 10.4 Å². The molecule has 0 aliphatic carbocycles. The quantitative estimate of drug-likeness (QED) is 0.813. The minimum Gasteiger partial charge on any atom is -0.496 e. The smallest absolute Gasteiger partial charge is 0.339 e. The number of methoxy groups -OCH3 is 1. The minimum atomic E-state index is -1.07. The topological polar surface area (TPSA) is 78.9 Å². The summed E-state index contributed by atoms with van der Waals surface area (Å²) < 4.78 is 4.97. The van der Waals surface area contributed by atoms with Crippen LogP contribution in [0.25, 0.3) is 0 Å². The molecule has 1 aromatic rings. The second-order valence-electron chi connectivity index (χ2n) is 4.01. The Kier molecular flexibility index (Phi) is 4.67. The van der Waals surface area contributed by atoms with Crippen molar-refractivity contribution in [3.05, 3.63) is 23.8 Å². The highest BCUT2D eigenvalue weighted by Crippen LogP contribution is 2.23. The molecule has 1 aromatic carbocycles. The summed E-state index contributed by atoms with van der Waals surface area (Å²) in [4.78, 5) is 24.2. The number of benzene rings is 1. The lowest BCUT2D eigenvalue weighted by Crippen LogP contribution is -2.27. The predicted molar refractivity (Wildman–Crippen MR) is 67.1 cm³/mol. The maximum absolute atomic E-state index is 11.5. The van der Waals surface area contributed by atoms with Gasteiger partial charge in [-0.2, -0.15) is 0 Å². The van der Waals surface area contributed by atoms with E-state index in [-0.39, 0.29) is 23.8 Å². The number of likely N-dealkylation sites (N-methyl/N-ethyl adjacent to an activating group) is 1.